The summed E-state index contributed by atoms with van der Waals surface area (Å²) in [6.07, 6.45) is 0. The van der Waals surface area contributed by atoms with Gasteiger partial charge in [-0.25, -0.2) is 0 Å². The Morgan fingerprint density at radius 3 is 1.63 bits per heavy atom. The second kappa shape index (κ2) is 11.0. The molecule has 0 aliphatic rings. The molecule has 6 nitrogen and oxygen atoms in total. The molecule has 0 unspecified atom stereocenters. The number of hydrogen-bond acceptors (Lipinski definition) is 6. The summed E-state index contributed by atoms with van der Waals surface area (Å²) in [5.41, 5.74) is 0. The second-order valence-electron chi connectivity index (χ2n) is 3.20. The number of benzene rings is 1. The van der Waals surface area contributed by atoms with Crippen LogP contribution in [-0.2, 0) is 14.2 Å². The first-order valence-corrected chi connectivity index (χ1v) is 5.22. The average Bonchev–Trinajstić information content (AvgIpc) is 2.40. The van der Waals surface area contributed by atoms with Gasteiger partial charge in [0.2, 0.25) is 0 Å². The molecule has 19 heavy (non-hydrogen) atoms. The fraction of sp³-hybridized carbons (Fsp3) is 0.500. The van der Waals surface area contributed by atoms with Gasteiger partial charge in [0.15, 0.2) is 20.4 Å². The Labute approximate surface area is 125 Å². The third-order valence-corrected chi connectivity index (χ3v) is 1.80. The summed E-state index contributed by atoms with van der Waals surface area (Å²) in [6, 6.07) is 6.23. The molecule has 1 aromatic rings. The van der Waals surface area contributed by atoms with E-state index in [4.69, 9.17) is 28.4 Å². The van der Waals surface area contributed by atoms with E-state index in [0.717, 1.165) is 0 Å². The molecular formula is C12H17LiO6. The van der Waals surface area contributed by atoms with E-state index in [1.165, 1.54) is 14.2 Å². The number of hydrogen-bond donors (Lipinski definition) is 0. The van der Waals surface area contributed by atoms with Crippen LogP contribution in [0, 0.1) is 6.07 Å². The fourth-order valence-corrected chi connectivity index (χ4v) is 1.10. The van der Waals surface area contributed by atoms with E-state index in [0.29, 0.717) is 17.2 Å². The zero-order valence-corrected chi connectivity index (χ0v) is 11.7. The first-order valence-electron chi connectivity index (χ1n) is 5.22. The van der Waals surface area contributed by atoms with Crippen LogP contribution in [0.25, 0.3) is 0 Å². The van der Waals surface area contributed by atoms with Gasteiger partial charge >= 0.3 is 18.9 Å². The van der Waals surface area contributed by atoms with Gasteiger partial charge in [-0.1, -0.05) is 18.2 Å². The number of ether oxygens (including phenoxy) is 6. The summed E-state index contributed by atoms with van der Waals surface area (Å²) in [7, 11) is 4.61. The van der Waals surface area contributed by atoms with Gasteiger partial charge in [0.25, 0.3) is 0 Å². The van der Waals surface area contributed by atoms with Crippen LogP contribution in [0.2, 0.25) is 0 Å². The summed E-state index contributed by atoms with van der Waals surface area (Å²) < 4.78 is 30.3. The molecule has 0 N–H and O–H groups in total. The molecule has 0 aromatic heterocycles. The van der Waals surface area contributed by atoms with E-state index in [1.807, 2.05) is 0 Å². The molecule has 0 bridgehead atoms. The van der Waals surface area contributed by atoms with Crippen molar-refractivity contribution in [2.45, 2.75) is 0 Å². The van der Waals surface area contributed by atoms with E-state index in [1.54, 1.807) is 19.2 Å². The largest absolute Gasteiger partial charge is 1.00 e. The van der Waals surface area contributed by atoms with E-state index in [2.05, 4.69) is 6.07 Å². The van der Waals surface area contributed by atoms with Crippen LogP contribution >= 0.6 is 0 Å². The molecule has 0 saturated carbocycles. The molecule has 102 valence electrons. The van der Waals surface area contributed by atoms with E-state index >= 15 is 0 Å². The summed E-state index contributed by atoms with van der Waals surface area (Å²) in [6.45, 7) is 0.374. The zero-order chi connectivity index (χ0) is 13.2. The van der Waals surface area contributed by atoms with Crippen LogP contribution in [0.1, 0.15) is 0 Å². The second-order valence-corrected chi connectivity index (χ2v) is 3.20. The Bertz CT molecular complexity index is 282. The number of rotatable bonds is 9. The third-order valence-electron chi connectivity index (χ3n) is 1.80. The molecule has 0 heterocycles. The molecule has 0 atom stereocenters. The van der Waals surface area contributed by atoms with Crippen molar-refractivity contribution >= 4 is 0 Å². The van der Waals surface area contributed by atoms with E-state index < -0.39 is 0 Å². The van der Waals surface area contributed by atoms with E-state index in [-0.39, 0.29) is 39.2 Å². The summed E-state index contributed by atoms with van der Waals surface area (Å²) in [5.74, 6) is 1.46. The van der Waals surface area contributed by atoms with Crippen LogP contribution in [0.5, 0.6) is 17.2 Å². The Hall–Kier alpha value is -0.903. The zero-order valence-electron chi connectivity index (χ0n) is 11.7. The minimum Gasteiger partial charge on any atom is -0.493 e. The van der Waals surface area contributed by atoms with Crippen LogP contribution in [0.4, 0.5) is 0 Å². The molecule has 0 fully saturated rings. The van der Waals surface area contributed by atoms with Crippen LogP contribution in [-0.4, -0.2) is 41.7 Å². The van der Waals surface area contributed by atoms with Gasteiger partial charge in [-0.2, -0.15) is 0 Å². The summed E-state index contributed by atoms with van der Waals surface area (Å²) in [5, 5.41) is 0. The van der Waals surface area contributed by atoms with Crippen molar-refractivity contribution < 1.29 is 47.3 Å². The Kier molecular flexibility index (Phi) is 10.4. The molecule has 0 saturated heterocycles. The standard InChI is InChI=1S/C12H17O6.Li/c1-13-7-16-10-4-11(17-8-14-2)6-12(5-10)18-9-15-3;/h4-5H,7-9H2,1-3H3;/q-1;+1. The maximum Gasteiger partial charge on any atom is 1.00 e. The summed E-state index contributed by atoms with van der Waals surface area (Å²) in [4.78, 5) is 0. The van der Waals surface area contributed by atoms with Crippen molar-refractivity contribution in [3.05, 3.63) is 18.2 Å². The topological polar surface area (TPSA) is 55.4 Å². The van der Waals surface area contributed by atoms with Crippen molar-refractivity contribution in [2.75, 3.05) is 41.7 Å². The number of methoxy groups -OCH3 is 3. The first-order chi connectivity index (χ1) is 8.80. The van der Waals surface area contributed by atoms with Crippen molar-refractivity contribution in [1.29, 1.82) is 0 Å². The molecule has 7 heteroatoms. The van der Waals surface area contributed by atoms with Crippen LogP contribution in [0.15, 0.2) is 12.1 Å². The summed E-state index contributed by atoms with van der Waals surface area (Å²) >= 11 is 0. The quantitative estimate of drug-likeness (QED) is 0.305. The predicted octanol–water partition coefficient (Wildman–Crippen LogP) is -1.56. The smallest absolute Gasteiger partial charge is 0.493 e. The Morgan fingerprint density at radius 1 is 0.789 bits per heavy atom. The van der Waals surface area contributed by atoms with Crippen molar-refractivity contribution in [3.8, 4) is 17.2 Å². The van der Waals surface area contributed by atoms with Crippen LogP contribution < -0.4 is 33.1 Å². The van der Waals surface area contributed by atoms with Gasteiger partial charge in [-0.15, -0.1) is 0 Å². The van der Waals surface area contributed by atoms with Crippen LogP contribution in [0.3, 0.4) is 0 Å². The Balaban J connectivity index is 0.00000324. The maximum absolute atomic E-state index is 5.31. The molecule has 0 spiro atoms. The fourth-order valence-electron chi connectivity index (χ4n) is 1.10. The van der Waals surface area contributed by atoms with Gasteiger partial charge in [0, 0.05) is 38.6 Å². The van der Waals surface area contributed by atoms with Crippen molar-refractivity contribution in [1.82, 2.24) is 0 Å². The molecular weight excluding hydrogens is 247 g/mol. The Morgan fingerprint density at radius 2 is 1.21 bits per heavy atom. The third kappa shape index (κ3) is 7.30. The van der Waals surface area contributed by atoms with Gasteiger partial charge in [0.05, 0.1) is 0 Å². The van der Waals surface area contributed by atoms with E-state index in [9.17, 15) is 0 Å². The molecule has 0 aliphatic carbocycles. The molecule has 0 radical (unpaired) electrons. The average molecular weight is 264 g/mol. The van der Waals surface area contributed by atoms with Gasteiger partial charge in [-0.05, 0) is 0 Å². The normalized spacial score (nSPS) is 9.63. The molecule has 0 aliphatic heterocycles. The maximum atomic E-state index is 5.31. The van der Waals surface area contributed by atoms with Gasteiger partial charge in [-0.3, -0.25) is 0 Å². The monoisotopic (exact) mass is 264 g/mol. The molecule has 1 aromatic carbocycles. The molecule has 1 rings (SSSR count). The molecule has 0 amide bonds. The van der Waals surface area contributed by atoms with Gasteiger partial charge in [0.1, 0.15) is 0 Å². The van der Waals surface area contributed by atoms with Crippen molar-refractivity contribution in [2.24, 2.45) is 0 Å². The first kappa shape index (κ1) is 18.1. The minimum absolute atomic E-state index is 0. The van der Waals surface area contributed by atoms with Gasteiger partial charge < -0.3 is 28.4 Å². The van der Waals surface area contributed by atoms with Crippen molar-refractivity contribution in [3.63, 3.8) is 0 Å². The minimum atomic E-state index is 0. The SMILES string of the molecule is COCOc1[c-]c(OCOC)cc(OCOC)c1.[Li+]. The predicted molar refractivity (Wildman–Crippen MR) is 62.8 cm³/mol.